The molecule has 1 spiro atoms. The fourth-order valence-corrected chi connectivity index (χ4v) is 5.48. The van der Waals surface area contributed by atoms with Crippen LogP contribution in [0.1, 0.15) is 57.2 Å². The SMILES string of the molecule is CC(=O)N1CCC2(CC1)CCN(c1cnc(-c3ccccc3C(C)C)nc1NCc1ccccn1)C2=O. The quantitative estimate of drug-likeness (QED) is 0.532. The Morgan fingerprint density at radius 2 is 1.76 bits per heavy atom. The van der Waals surface area contributed by atoms with E-state index in [1.165, 1.54) is 5.56 Å². The van der Waals surface area contributed by atoms with Crippen LogP contribution in [-0.4, -0.2) is 51.3 Å². The second kappa shape index (κ2) is 10.3. The van der Waals surface area contributed by atoms with Gasteiger partial charge in [-0.25, -0.2) is 9.97 Å². The van der Waals surface area contributed by atoms with Gasteiger partial charge in [0.1, 0.15) is 5.69 Å². The Morgan fingerprint density at radius 1 is 1.03 bits per heavy atom. The van der Waals surface area contributed by atoms with Gasteiger partial charge in [-0.3, -0.25) is 14.6 Å². The number of aromatic nitrogens is 3. The Labute approximate surface area is 218 Å². The van der Waals surface area contributed by atoms with Gasteiger partial charge in [0.25, 0.3) is 0 Å². The Kier molecular flexibility index (Phi) is 6.91. The van der Waals surface area contributed by atoms with E-state index in [2.05, 4.69) is 30.2 Å². The largest absolute Gasteiger partial charge is 0.363 e. The maximum absolute atomic E-state index is 13.8. The average Bonchev–Trinajstić information content (AvgIpc) is 3.23. The minimum Gasteiger partial charge on any atom is -0.363 e. The van der Waals surface area contributed by atoms with E-state index in [9.17, 15) is 9.59 Å². The zero-order valence-electron chi connectivity index (χ0n) is 21.8. The summed E-state index contributed by atoms with van der Waals surface area (Å²) in [5.41, 5.74) is 3.33. The molecule has 2 amide bonds. The molecule has 8 nitrogen and oxygen atoms in total. The van der Waals surface area contributed by atoms with Crippen LogP contribution in [0.5, 0.6) is 0 Å². The Hall–Kier alpha value is -3.81. The molecule has 0 radical (unpaired) electrons. The van der Waals surface area contributed by atoms with E-state index in [0.717, 1.165) is 17.7 Å². The number of piperidine rings is 1. The van der Waals surface area contributed by atoms with Crippen LogP contribution in [0.15, 0.2) is 54.9 Å². The molecule has 8 heteroatoms. The third kappa shape index (κ3) is 4.92. The van der Waals surface area contributed by atoms with Crippen molar-refractivity contribution in [2.75, 3.05) is 29.9 Å². The number of carbonyl (C=O) groups is 2. The standard InChI is InChI=1S/C29H34N6O2/c1-20(2)23-9-4-5-10-24(23)26-32-19-25(27(33-26)31-18-22-8-6-7-14-30-22)35-17-13-29(28(35)37)11-15-34(16-12-29)21(3)36/h4-10,14,19-20H,11-13,15-18H2,1-3H3,(H,31,32,33). The van der Waals surface area contributed by atoms with Crippen molar-refractivity contribution in [2.24, 2.45) is 5.41 Å². The lowest BCUT2D eigenvalue weighted by molar-refractivity contribution is -0.136. The van der Waals surface area contributed by atoms with Crippen LogP contribution >= 0.6 is 0 Å². The second-order valence-electron chi connectivity index (χ2n) is 10.3. The minimum absolute atomic E-state index is 0.0730. The Balaban J connectivity index is 1.47. The fraction of sp³-hybridized carbons (Fsp3) is 0.414. The molecule has 1 N–H and O–H groups in total. The van der Waals surface area contributed by atoms with Crippen molar-refractivity contribution in [2.45, 2.75) is 52.5 Å². The number of hydrogen-bond donors (Lipinski definition) is 1. The van der Waals surface area contributed by atoms with Gasteiger partial charge in [0.2, 0.25) is 11.8 Å². The monoisotopic (exact) mass is 498 g/mol. The highest BCUT2D eigenvalue weighted by Gasteiger charge is 2.49. The highest BCUT2D eigenvalue weighted by Crippen LogP contribution is 2.44. The Morgan fingerprint density at radius 3 is 2.46 bits per heavy atom. The lowest BCUT2D eigenvalue weighted by Crippen LogP contribution is -2.46. The molecular formula is C29H34N6O2. The van der Waals surface area contributed by atoms with Crippen molar-refractivity contribution in [3.8, 4) is 11.4 Å². The van der Waals surface area contributed by atoms with Crippen molar-refractivity contribution >= 4 is 23.3 Å². The summed E-state index contributed by atoms with van der Waals surface area (Å²) < 4.78 is 0. The average molecular weight is 499 g/mol. The van der Waals surface area contributed by atoms with Gasteiger partial charge < -0.3 is 15.1 Å². The number of nitrogens with one attached hydrogen (secondary N) is 1. The first-order valence-electron chi connectivity index (χ1n) is 13.1. The number of hydrogen-bond acceptors (Lipinski definition) is 6. The van der Waals surface area contributed by atoms with Crippen LogP contribution in [0.25, 0.3) is 11.4 Å². The molecule has 2 aliphatic rings. The molecule has 0 unspecified atom stereocenters. The summed E-state index contributed by atoms with van der Waals surface area (Å²) in [6.45, 7) is 8.26. The molecule has 192 valence electrons. The van der Waals surface area contributed by atoms with Gasteiger partial charge in [-0.05, 0) is 42.9 Å². The molecule has 0 bridgehead atoms. The number of amides is 2. The number of anilines is 2. The lowest BCUT2D eigenvalue weighted by Gasteiger charge is -2.37. The molecule has 3 aromatic rings. The number of pyridine rings is 1. The van der Waals surface area contributed by atoms with Gasteiger partial charge in [-0.15, -0.1) is 0 Å². The molecule has 0 saturated carbocycles. The van der Waals surface area contributed by atoms with Crippen LogP contribution in [0.3, 0.4) is 0 Å². The Bertz CT molecular complexity index is 1280. The van der Waals surface area contributed by atoms with Crippen molar-refractivity contribution in [1.29, 1.82) is 0 Å². The van der Waals surface area contributed by atoms with Crippen molar-refractivity contribution < 1.29 is 9.59 Å². The topological polar surface area (TPSA) is 91.3 Å². The molecule has 4 heterocycles. The summed E-state index contributed by atoms with van der Waals surface area (Å²) in [6, 6.07) is 14.0. The normalized spacial score (nSPS) is 17.0. The van der Waals surface area contributed by atoms with Crippen molar-refractivity contribution in [3.63, 3.8) is 0 Å². The smallest absolute Gasteiger partial charge is 0.233 e. The molecule has 37 heavy (non-hydrogen) atoms. The van der Waals surface area contributed by atoms with Crippen LogP contribution in [0.2, 0.25) is 0 Å². The van der Waals surface area contributed by atoms with E-state index < -0.39 is 5.41 Å². The molecule has 2 aliphatic heterocycles. The summed E-state index contributed by atoms with van der Waals surface area (Å²) in [6.07, 6.45) is 5.71. The van der Waals surface area contributed by atoms with E-state index in [1.54, 1.807) is 19.3 Å². The van der Waals surface area contributed by atoms with Crippen molar-refractivity contribution in [3.05, 3.63) is 66.1 Å². The number of carbonyl (C=O) groups excluding carboxylic acids is 2. The maximum Gasteiger partial charge on any atom is 0.233 e. The minimum atomic E-state index is -0.423. The van der Waals surface area contributed by atoms with Gasteiger partial charge >= 0.3 is 0 Å². The zero-order valence-corrected chi connectivity index (χ0v) is 21.8. The summed E-state index contributed by atoms with van der Waals surface area (Å²) in [4.78, 5) is 43.4. The molecule has 0 aliphatic carbocycles. The summed E-state index contributed by atoms with van der Waals surface area (Å²) in [5, 5.41) is 3.44. The third-order valence-electron chi connectivity index (χ3n) is 7.73. The van der Waals surface area contributed by atoms with Crippen molar-refractivity contribution in [1.82, 2.24) is 19.9 Å². The molecule has 0 atom stereocenters. The molecule has 2 aromatic heterocycles. The van der Waals surface area contributed by atoms with Gasteiger partial charge in [-0.2, -0.15) is 0 Å². The molecule has 1 aromatic carbocycles. The van der Waals surface area contributed by atoms with Gasteiger partial charge in [0, 0.05) is 38.3 Å². The molecule has 5 rings (SSSR count). The van der Waals surface area contributed by atoms with Gasteiger partial charge in [-0.1, -0.05) is 44.2 Å². The summed E-state index contributed by atoms with van der Waals surface area (Å²) in [7, 11) is 0. The van der Waals surface area contributed by atoms with Gasteiger partial charge in [0.05, 0.1) is 23.9 Å². The number of nitrogens with zero attached hydrogens (tertiary/aromatic N) is 5. The highest BCUT2D eigenvalue weighted by atomic mass is 16.2. The first kappa shape index (κ1) is 24.9. The van der Waals surface area contributed by atoms with Crippen LogP contribution in [-0.2, 0) is 16.1 Å². The molecule has 2 fully saturated rings. The van der Waals surface area contributed by atoms with Crippen LogP contribution < -0.4 is 10.2 Å². The number of benzene rings is 1. The lowest BCUT2D eigenvalue weighted by atomic mass is 9.77. The highest BCUT2D eigenvalue weighted by molar-refractivity contribution is 6.02. The predicted molar refractivity (Wildman–Crippen MR) is 144 cm³/mol. The van der Waals surface area contributed by atoms with Gasteiger partial charge in [0.15, 0.2) is 11.6 Å². The van der Waals surface area contributed by atoms with Crippen LogP contribution in [0.4, 0.5) is 11.5 Å². The fourth-order valence-electron chi connectivity index (χ4n) is 5.48. The third-order valence-corrected chi connectivity index (χ3v) is 7.73. The first-order chi connectivity index (χ1) is 17.9. The summed E-state index contributed by atoms with van der Waals surface area (Å²) >= 11 is 0. The van der Waals surface area contributed by atoms with E-state index in [1.807, 2.05) is 46.2 Å². The number of likely N-dealkylation sites (tertiary alicyclic amines) is 1. The van der Waals surface area contributed by atoms with E-state index in [4.69, 9.17) is 9.97 Å². The zero-order chi connectivity index (χ0) is 26.0. The van der Waals surface area contributed by atoms with Crippen LogP contribution in [0, 0.1) is 5.41 Å². The van der Waals surface area contributed by atoms with E-state index >= 15 is 0 Å². The molecular weight excluding hydrogens is 464 g/mol. The first-order valence-corrected chi connectivity index (χ1v) is 13.1. The molecule has 2 saturated heterocycles. The van der Waals surface area contributed by atoms with E-state index in [0.29, 0.717) is 62.3 Å². The number of rotatable bonds is 6. The summed E-state index contributed by atoms with van der Waals surface area (Å²) in [5.74, 6) is 1.76. The van der Waals surface area contributed by atoms with E-state index in [-0.39, 0.29) is 11.8 Å². The maximum atomic E-state index is 13.8. The second-order valence-corrected chi connectivity index (χ2v) is 10.3. The predicted octanol–water partition coefficient (Wildman–Crippen LogP) is 4.64.